The van der Waals surface area contributed by atoms with Gasteiger partial charge in [-0.1, -0.05) is 24.4 Å². The monoisotopic (exact) mass is 306 g/mol. The van der Waals surface area contributed by atoms with E-state index in [2.05, 4.69) is 10.3 Å². The fraction of sp³-hybridized carbons (Fsp3) is 0.538. The van der Waals surface area contributed by atoms with E-state index in [4.69, 9.17) is 11.6 Å². The Kier molecular flexibility index (Phi) is 4.52. The largest absolute Gasteiger partial charge is 0.393 e. The SMILES string of the molecule is O=C(N[C@H]1CCCC[C@@H]1C(F)(F)F)c1ccc(Cl)nc1. The second-order valence-corrected chi connectivity index (χ2v) is 5.27. The third kappa shape index (κ3) is 3.62. The Bertz CT molecular complexity index is 475. The highest BCUT2D eigenvalue weighted by atomic mass is 35.5. The molecule has 0 aliphatic heterocycles. The van der Waals surface area contributed by atoms with Gasteiger partial charge in [-0.3, -0.25) is 4.79 Å². The van der Waals surface area contributed by atoms with E-state index >= 15 is 0 Å². The van der Waals surface area contributed by atoms with Crippen LogP contribution < -0.4 is 5.32 Å². The minimum Gasteiger partial charge on any atom is -0.349 e. The predicted octanol–water partition coefficient (Wildman–Crippen LogP) is 3.59. The average molecular weight is 307 g/mol. The van der Waals surface area contributed by atoms with E-state index in [1.807, 2.05) is 0 Å². The molecule has 0 aromatic carbocycles. The summed E-state index contributed by atoms with van der Waals surface area (Å²) in [5.74, 6) is -2.02. The molecule has 0 saturated heterocycles. The van der Waals surface area contributed by atoms with Gasteiger partial charge in [0, 0.05) is 12.2 Å². The van der Waals surface area contributed by atoms with Crippen LogP contribution in [-0.2, 0) is 0 Å². The van der Waals surface area contributed by atoms with Crippen molar-refractivity contribution in [2.45, 2.75) is 37.9 Å². The molecular weight excluding hydrogens is 293 g/mol. The highest BCUT2D eigenvalue weighted by Gasteiger charge is 2.45. The lowest BCUT2D eigenvalue weighted by Crippen LogP contribution is -2.47. The quantitative estimate of drug-likeness (QED) is 0.849. The van der Waals surface area contributed by atoms with Crippen LogP contribution in [0.3, 0.4) is 0 Å². The molecule has 1 fully saturated rings. The molecule has 7 heteroatoms. The normalized spacial score (nSPS) is 23.4. The van der Waals surface area contributed by atoms with Gasteiger partial charge in [0.2, 0.25) is 0 Å². The first-order valence-corrected chi connectivity index (χ1v) is 6.75. The molecule has 20 heavy (non-hydrogen) atoms. The summed E-state index contributed by atoms with van der Waals surface area (Å²) in [6.45, 7) is 0. The standard InChI is InChI=1S/C13H14ClF3N2O/c14-11-6-5-8(7-18-11)12(20)19-10-4-2-1-3-9(10)13(15,16)17/h5-7,9-10H,1-4H2,(H,19,20)/t9-,10-/m0/s1. The highest BCUT2D eigenvalue weighted by molar-refractivity contribution is 6.29. The summed E-state index contributed by atoms with van der Waals surface area (Å²) in [5.41, 5.74) is 0.209. The van der Waals surface area contributed by atoms with Crippen molar-refractivity contribution in [1.29, 1.82) is 0 Å². The third-order valence-electron chi connectivity index (χ3n) is 3.49. The van der Waals surface area contributed by atoms with Crippen molar-refractivity contribution in [3.05, 3.63) is 29.0 Å². The Labute approximate surface area is 119 Å². The van der Waals surface area contributed by atoms with Crippen LogP contribution >= 0.6 is 11.6 Å². The lowest BCUT2D eigenvalue weighted by Gasteiger charge is -2.33. The van der Waals surface area contributed by atoms with Gasteiger partial charge < -0.3 is 5.32 Å². The summed E-state index contributed by atoms with van der Waals surface area (Å²) in [6.07, 6.45) is -1.39. The Morgan fingerprint density at radius 2 is 2.00 bits per heavy atom. The van der Waals surface area contributed by atoms with Crippen LogP contribution in [0.1, 0.15) is 36.0 Å². The molecule has 1 amide bonds. The molecule has 1 N–H and O–H groups in total. The number of hydrogen-bond acceptors (Lipinski definition) is 2. The molecule has 1 heterocycles. The van der Waals surface area contributed by atoms with Gasteiger partial charge in [-0.2, -0.15) is 13.2 Å². The Morgan fingerprint density at radius 1 is 1.30 bits per heavy atom. The number of nitrogens with one attached hydrogen (secondary N) is 1. The number of rotatable bonds is 2. The van der Waals surface area contributed by atoms with Gasteiger partial charge in [-0.25, -0.2) is 4.98 Å². The van der Waals surface area contributed by atoms with Gasteiger partial charge in [0.15, 0.2) is 0 Å². The number of alkyl halides is 3. The van der Waals surface area contributed by atoms with E-state index < -0.39 is 24.0 Å². The molecule has 0 spiro atoms. The lowest BCUT2D eigenvalue weighted by atomic mass is 9.84. The van der Waals surface area contributed by atoms with Gasteiger partial charge >= 0.3 is 6.18 Å². The second kappa shape index (κ2) is 5.99. The van der Waals surface area contributed by atoms with Crippen molar-refractivity contribution in [2.75, 3.05) is 0 Å². The first kappa shape index (κ1) is 15.1. The molecule has 1 aromatic rings. The number of carbonyl (C=O) groups is 1. The van der Waals surface area contributed by atoms with Crippen molar-refractivity contribution in [3.63, 3.8) is 0 Å². The van der Waals surface area contributed by atoms with Crippen LogP contribution in [0.5, 0.6) is 0 Å². The molecule has 3 nitrogen and oxygen atoms in total. The van der Waals surface area contributed by atoms with E-state index in [0.29, 0.717) is 19.3 Å². The van der Waals surface area contributed by atoms with Crippen molar-refractivity contribution < 1.29 is 18.0 Å². The van der Waals surface area contributed by atoms with Gasteiger partial charge in [-0.05, 0) is 25.0 Å². The fourth-order valence-electron chi connectivity index (χ4n) is 2.46. The zero-order valence-electron chi connectivity index (χ0n) is 10.6. The Balaban J connectivity index is 2.07. The van der Waals surface area contributed by atoms with Crippen molar-refractivity contribution in [2.24, 2.45) is 5.92 Å². The van der Waals surface area contributed by atoms with Gasteiger partial charge in [0.05, 0.1) is 11.5 Å². The van der Waals surface area contributed by atoms with Gasteiger partial charge in [0.1, 0.15) is 5.15 Å². The van der Waals surface area contributed by atoms with Crippen LogP contribution in [0.4, 0.5) is 13.2 Å². The number of aromatic nitrogens is 1. The number of hydrogen-bond donors (Lipinski definition) is 1. The molecule has 0 radical (unpaired) electrons. The first-order valence-electron chi connectivity index (χ1n) is 6.37. The summed E-state index contributed by atoms with van der Waals surface area (Å²) < 4.78 is 38.7. The molecule has 1 aliphatic carbocycles. The molecule has 1 saturated carbocycles. The number of pyridine rings is 1. The van der Waals surface area contributed by atoms with Crippen molar-refractivity contribution in [1.82, 2.24) is 10.3 Å². The molecule has 2 rings (SSSR count). The number of carbonyl (C=O) groups excluding carboxylic acids is 1. The molecule has 2 atom stereocenters. The number of nitrogens with zero attached hydrogens (tertiary/aromatic N) is 1. The third-order valence-corrected chi connectivity index (χ3v) is 3.72. The smallest absolute Gasteiger partial charge is 0.349 e. The van der Waals surface area contributed by atoms with Crippen molar-refractivity contribution in [3.8, 4) is 0 Å². The van der Waals surface area contributed by atoms with Gasteiger partial charge in [-0.15, -0.1) is 0 Å². The van der Waals surface area contributed by atoms with Crippen molar-refractivity contribution >= 4 is 17.5 Å². The number of halogens is 4. The number of amides is 1. The summed E-state index contributed by atoms with van der Waals surface area (Å²) >= 11 is 5.60. The van der Waals surface area contributed by atoms with Crippen LogP contribution in [0, 0.1) is 5.92 Å². The molecule has 1 aromatic heterocycles. The molecule has 110 valence electrons. The highest BCUT2D eigenvalue weighted by Crippen LogP contribution is 2.37. The van der Waals surface area contributed by atoms with E-state index in [0.717, 1.165) is 0 Å². The Hall–Kier alpha value is -1.30. The van der Waals surface area contributed by atoms with Crippen LogP contribution in [-0.4, -0.2) is 23.1 Å². The minimum absolute atomic E-state index is 0.0628. The van der Waals surface area contributed by atoms with Gasteiger partial charge in [0.25, 0.3) is 5.91 Å². The topological polar surface area (TPSA) is 42.0 Å². The minimum atomic E-state index is -4.28. The molecule has 0 unspecified atom stereocenters. The summed E-state index contributed by atoms with van der Waals surface area (Å²) in [5, 5.41) is 2.70. The average Bonchev–Trinajstić information content (AvgIpc) is 2.38. The maximum absolute atomic E-state index is 12.9. The van der Waals surface area contributed by atoms with E-state index in [9.17, 15) is 18.0 Å². The Morgan fingerprint density at radius 3 is 2.60 bits per heavy atom. The maximum atomic E-state index is 12.9. The second-order valence-electron chi connectivity index (χ2n) is 4.88. The zero-order chi connectivity index (χ0) is 14.8. The maximum Gasteiger partial charge on any atom is 0.393 e. The molecular formula is C13H14ClF3N2O. The summed E-state index contributed by atoms with van der Waals surface area (Å²) in [7, 11) is 0. The van der Waals surface area contributed by atoms with E-state index in [-0.39, 0.29) is 17.1 Å². The zero-order valence-corrected chi connectivity index (χ0v) is 11.3. The van der Waals surface area contributed by atoms with Crippen LogP contribution in [0.15, 0.2) is 18.3 Å². The van der Waals surface area contributed by atoms with E-state index in [1.54, 1.807) is 0 Å². The van der Waals surface area contributed by atoms with Crippen LogP contribution in [0.25, 0.3) is 0 Å². The first-order chi connectivity index (χ1) is 9.38. The molecule has 1 aliphatic rings. The predicted molar refractivity (Wildman–Crippen MR) is 68.5 cm³/mol. The van der Waals surface area contributed by atoms with E-state index in [1.165, 1.54) is 18.3 Å². The lowest BCUT2D eigenvalue weighted by molar-refractivity contribution is -0.187. The summed E-state index contributed by atoms with van der Waals surface area (Å²) in [4.78, 5) is 15.7. The molecule has 0 bridgehead atoms. The summed E-state index contributed by atoms with van der Waals surface area (Å²) in [6, 6.07) is 2.00. The van der Waals surface area contributed by atoms with Crippen LogP contribution in [0.2, 0.25) is 5.15 Å². The fourth-order valence-corrected chi connectivity index (χ4v) is 2.57.